The van der Waals surface area contributed by atoms with E-state index < -0.39 is 11.7 Å². The minimum Gasteiger partial charge on any atom is -0.495 e. The molecule has 1 aromatic heterocycles. The molecule has 31 heavy (non-hydrogen) atoms. The van der Waals surface area contributed by atoms with Crippen molar-refractivity contribution in [2.45, 2.75) is 0 Å². The first kappa shape index (κ1) is 21.0. The molecule has 0 saturated carbocycles. The van der Waals surface area contributed by atoms with Gasteiger partial charge in [-0.3, -0.25) is 9.59 Å². The van der Waals surface area contributed by atoms with Gasteiger partial charge in [0, 0.05) is 17.8 Å². The van der Waals surface area contributed by atoms with Crippen molar-refractivity contribution in [1.29, 1.82) is 0 Å². The molecule has 4 rings (SSSR count). The van der Waals surface area contributed by atoms with E-state index in [0.717, 1.165) is 0 Å². The normalized spacial score (nSPS) is 11.0. The van der Waals surface area contributed by atoms with Crippen LogP contribution in [0.4, 0.5) is 10.1 Å². The summed E-state index contributed by atoms with van der Waals surface area (Å²) in [6, 6.07) is 11.6. The highest BCUT2D eigenvalue weighted by molar-refractivity contribution is 6.36. The standard InChI is InChI=1S/C22H14Cl2FNO5/c1-29-18-9-19(15(24)8-14(18)23)30-10-20(27)26-11-5-6-12-17(7-11)31-22-13(21(12)28)3-2-4-16(22)25/h2-9H,10H2,1H3,(H,26,27). The average Bonchev–Trinajstić information content (AvgIpc) is 2.74. The molecule has 0 radical (unpaired) electrons. The molecule has 158 valence electrons. The van der Waals surface area contributed by atoms with Crippen LogP contribution in [0.2, 0.25) is 10.0 Å². The number of fused-ring (bicyclic) bond motifs is 2. The van der Waals surface area contributed by atoms with Crippen molar-refractivity contribution in [3.8, 4) is 11.5 Å². The second kappa shape index (κ2) is 8.45. The van der Waals surface area contributed by atoms with Crippen LogP contribution in [0.5, 0.6) is 11.5 Å². The van der Waals surface area contributed by atoms with Crippen molar-refractivity contribution in [2.75, 3.05) is 19.0 Å². The van der Waals surface area contributed by atoms with Gasteiger partial charge < -0.3 is 19.2 Å². The lowest BCUT2D eigenvalue weighted by molar-refractivity contribution is -0.118. The lowest BCUT2D eigenvalue weighted by Crippen LogP contribution is -2.20. The summed E-state index contributed by atoms with van der Waals surface area (Å²) in [7, 11) is 1.44. The van der Waals surface area contributed by atoms with Gasteiger partial charge in [-0.15, -0.1) is 0 Å². The Morgan fingerprint density at radius 2 is 1.84 bits per heavy atom. The number of benzene rings is 3. The lowest BCUT2D eigenvalue weighted by Gasteiger charge is -2.11. The number of para-hydroxylation sites is 1. The highest BCUT2D eigenvalue weighted by atomic mass is 35.5. The molecule has 1 N–H and O–H groups in total. The molecule has 0 fully saturated rings. The lowest BCUT2D eigenvalue weighted by atomic mass is 10.1. The summed E-state index contributed by atoms with van der Waals surface area (Å²) >= 11 is 12.1. The molecule has 0 spiro atoms. The Morgan fingerprint density at radius 1 is 1.06 bits per heavy atom. The number of rotatable bonds is 5. The number of methoxy groups -OCH3 is 1. The number of amides is 1. The third-order valence-corrected chi connectivity index (χ3v) is 5.09. The van der Waals surface area contributed by atoms with E-state index in [1.165, 1.54) is 49.6 Å². The fourth-order valence-corrected chi connectivity index (χ4v) is 3.55. The molecule has 1 amide bonds. The minimum atomic E-state index is -0.644. The maximum atomic E-state index is 14.0. The SMILES string of the molecule is COc1cc(OCC(=O)Nc2ccc3c(=O)c4cccc(F)c4oc3c2)c(Cl)cc1Cl. The van der Waals surface area contributed by atoms with Gasteiger partial charge in [-0.1, -0.05) is 29.3 Å². The Hall–Kier alpha value is -3.29. The van der Waals surface area contributed by atoms with Gasteiger partial charge in [0.25, 0.3) is 5.91 Å². The van der Waals surface area contributed by atoms with E-state index in [-0.39, 0.29) is 44.7 Å². The summed E-state index contributed by atoms with van der Waals surface area (Å²) in [5.41, 5.74) is -0.00653. The number of halogens is 3. The summed E-state index contributed by atoms with van der Waals surface area (Å²) in [5, 5.41) is 3.58. The molecular weight excluding hydrogens is 448 g/mol. The molecule has 9 heteroatoms. The summed E-state index contributed by atoms with van der Waals surface area (Å²) in [6.45, 7) is -0.348. The van der Waals surface area contributed by atoms with Gasteiger partial charge in [-0.25, -0.2) is 4.39 Å². The average molecular weight is 462 g/mol. The molecular formula is C22H14Cl2FNO5. The Kier molecular flexibility index (Phi) is 5.71. The van der Waals surface area contributed by atoms with Gasteiger partial charge in [-0.05, 0) is 30.3 Å². The monoisotopic (exact) mass is 461 g/mol. The third-order valence-electron chi connectivity index (χ3n) is 4.50. The number of hydrogen-bond acceptors (Lipinski definition) is 5. The van der Waals surface area contributed by atoms with Crippen LogP contribution in [0, 0.1) is 5.82 Å². The van der Waals surface area contributed by atoms with E-state index in [1.807, 2.05) is 0 Å². The van der Waals surface area contributed by atoms with Crippen LogP contribution in [0.25, 0.3) is 21.9 Å². The smallest absolute Gasteiger partial charge is 0.262 e. The number of ether oxygens (including phenoxy) is 2. The second-order valence-electron chi connectivity index (χ2n) is 6.51. The molecule has 4 aromatic rings. The quantitative estimate of drug-likeness (QED) is 0.401. The van der Waals surface area contributed by atoms with Crippen LogP contribution in [0.3, 0.4) is 0 Å². The summed E-state index contributed by atoms with van der Waals surface area (Å²) in [6.07, 6.45) is 0. The van der Waals surface area contributed by atoms with E-state index in [4.69, 9.17) is 37.1 Å². The van der Waals surface area contributed by atoms with Gasteiger partial charge in [0.05, 0.1) is 27.9 Å². The highest BCUT2D eigenvalue weighted by Crippen LogP contribution is 2.35. The predicted octanol–water partition coefficient (Wildman–Crippen LogP) is 5.42. The molecule has 0 aliphatic rings. The van der Waals surface area contributed by atoms with Gasteiger partial charge in [-0.2, -0.15) is 0 Å². The topological polar surface area (TPSA) is 77.8 Å². The zero-order chi connectivity index (χ0) is 22.1. The van der Waals surface area contributed by atoms with Gasteiger partial charge in [0.2, 0.25) is 5.43 Å². The largest absolute Gasteiger partial charge is 0.495 e. The summed E-state index contributed by atoms with van der Waals surface area (Å²) < 4.78 is 30.1. The highest BCUT2D eigenvalue weighted by Gasteiger charge is 2.14. The number of carbonyl (C=O) groups excluding carboxylic acids is 1. The molecule has 0 atom stereocenters. The van der Waals surface area contributed by atoms with Gasteiger partial charge in [0.1, 0.15) is 17.1 Å². The van der Waals surface area contributed by atoms with Crippen LogP contribution in [-0.2, 0) is 4.79 Å². The van der Waals surface area contributed by atoms with Crippen molar-refractivity contribution in [3.05, 3.63) is 74.6 Å². The third kappa shape index (κ3) is 4.15. The van der Waals surface area contributed by atoms with Crippen LogP contribution >= 0.6 is 23.2 Å². The Balaban J connectivity index is 1.55. The maximum Gasteiger partial charge on any atom is 0.262 e. The number of nitrogens with one attached hydrogen (secondary N) is 1. The molecule has 0 unspecified atom stereocenters. The molecule has 0 aliphatic heterocycles. The van der Waals surface area contributed by atoms with E-state index in [1.54, 1.807) is 6.07 Å². The molecule has 3 aromatic carbocycles. The molecule has 0 bridgehead atoms. The Labute approximate surface area is 185 Å². The number of carbonyl (C=O) groups is 1. The van der Waals surface area contributed by atoms with Crippen LogP contribution in [0.15, 0.2) is 57.7 Å². The van der Waals surface area contributed by atoms with Gasteiger partial charge >= 0.3 is 0 Å². The Morgan fingerprint density at radius 3 is 2.61 bits per heavy atom. The zero-order valence-corrected chi connectivity index (χ0v) is 17.5. The zero-order valence-electron chi connectivity index (χ0n) is 16.0. The number of hydrogen-bond donors (Lipinski definition) is 1. The van der Waals surface area contributed by atoms with Crippen molar-refractivity contribution in [2.24, 2.45) is 0 Å². The molecule has 6 nitrogen and oxygen atoms in total. The first-order valence-corrected chi connectivity index (χ1v) is 9.73. The number of anilines is 1. The first-order chi connectivity index (χ1) is 14.9. The van der Waals surface area contributed by atoms with Gasteiger partial charge in [0.15, 0.2) is 18.0 Å². The van der Waals surface area contributed by atoms with Crippen molar-refractivity contribution < 1.29 is 23.1 Å². The summed E-state index contributed by atoms with van der Waals surface area (Å²) in [4.78, 5) is 24.9. The summed E-state index contributed by atoms with van der Waals surface area (Å²) in [5.74, 6) is -0.553. The fourth-order valence-electron chi connectivity index (χ4n) is 3.04. The maximum absolute atomic E-state index is 14.0. The van der Waals surface area contributed by atoms with Crippen LogP contribution < -0.4 is 20.2 Å². The minimum absolute atomic E-state index is 0.141. The van der Waals surface area contributed by atoms with E-state index in [2.05, 4.69) is 5.32 Å². The van der Waals surface area contributed by atoms with Crippen molar-refractivity contribution >= 4 is 56.7 Å². The van der Waals surface area contributed by atoms with E-state index in [9.17, 15) is 14.0 Å². The van der Waals surface area contributed by atoms with Crippen LogP contribution in [-0.4, -0.2) is 19.6 Å². The van der Waals surface area contributed by atoms with E-state index in [0.29, 0.717) is 16.5 Å². The van der Waals surface area contributed by atoms with Crippen molar-refractivity contribution in [3.63, 3.8) is 0 Å². The predicted molar refractivity (Wildman–Crippen MR) is 117 cm³/mol. The van der Waals surface area contributed by atoms with E-state index >= 15 is 0 Å². The Bertz CT molecular complexity index is 1390. The molecule has 0 saturated heterocycles. The fraction of sp³-hybridized carbons (Fsp3) is 0.0909. The van der Waals surface area contributed by atoms with Crippen LogP contribution in [0.1, 0.15) is 0 Å². The molecule has 0 aliphatic carbocycles. The molecule has 1 heterocycles. The first-order valence-electron chi connectivity index (χ1n) is 8.98. The second-order valence-corrected chi connectivity index (χ2v) is 7.33. The van der Waals surface area contributed by atoms with Crippen molar-refractivity contribution in [1.82, 2.24) is 0 Å².